The second-order valence-electron chi connectivity index (χ2n) is 15.5. The number of hydrogen-bond acceptors (Lipinski definition) is 6. The van der Waals surface area contributed by atoms with E-state index in [0.29, 0.717) is 18.8 Å². The van der Waals surface area contributed by atoms with Gasteiger partial charge in [0.25, 0.3) is 0 Å². The summed E-state index contributed by atoms with van der Waals surface area (Å²) in [6, 6.07) is 10.1. The fourth-order valence-corrected chi connectivity index (χ4v) is 16.3. The van der Waals surface area contributed by atoms with Gasteiger partial charge in [-0.25, -0.2) is 0 Å². The van der Waals surface area contributed by atoms with Crippen LogP contribution in [-0.4, -0.2) is 66.5 Å². The third-order valence-electron chi connectivity index (χ3n) is 12.2. The lowest BCUT2D eigenvalue weighted by atomic mass is 9.94. The first-order valence-corrected chi connectivity index (χ1v) is 29.0. The Morgan fingerprint density at radius 2 is 1.15 bits per heavy atom. The van der Waals surface area contributed by atoms with Crippen LogP contribution in [0.5, 0.6) is 0 Å². The molecule has 52 heavy (non-hydrogen) atoms. The average Bonchev–Trinajstić information content (AvgIpc) is 3.14. The van der Waals surface area contributed by atoms with Crippen LogP contribution in [-0.2, 0) is 22.8 Å². The lowest BCUT2D eigenvalue weighted by Gasteiger charge is -2.34. The van der Waals surface area contributed by atoms with Crippen LogP contribution in [0.15, 0.2) is 49.1 Å². The standard InChI is InChI=1S/C43H82O6Si3/c1-12-26-38(44)27-22-28-39(47-50(13-2,14-3)15-4)29-23-30-40(48-51(16-5,17-6)18-7)31-24-32-41(49-52(19-8,20-9)21-10)33-25-34-42-35-37(11)36-43(45)46-42/h12,22-24,27,29,31,37-42,44H,1,13-21,25-26,28,30,32-36H2,2-11H3/b27-22+,29-23+,31-24+/t37-,38-,39-,40-,41-,42-/m0/s1. The minimum Gasteiger partial charge on any atom is -0.462 e. The van der Waals surface area contributed by atoms with Gasteiger partial charge in [0.05, 0.1) is 18.3 Å². The summed E-state index contributed by atoms with van der Waals surface area (Å²) in [4.78, 5) is 12.1. The number of carbonyl (C=O) groups is 1. The molecule has 0 aromatic carbocycles. The van der Waals surface area contributed by atoms with Crippen LogP contribution in [0.2, 0.25) is 54.4 Å². The average molecular weight is 779 g/mol. The lowest BCUT2D eigenvalue weighted by molar-refractivity contribution is -0.156. The zero-order valence-corrected chi connectivity index (χ0v) is 38.4. The van der Waals surface area contributed by atoms with Gasteiger partial charge in [-0.2, -0.15) is 0 Å². The molecular formula is C43H82O6Si3. The number of esters is 1. The number of cyclic esters (lactones) is 1. The van der Waals surface area contributed by atoms with E-state index in [1.165, 1.54) is 0 Å². The minimum atomic E-state index is -1.86. The van der Waals surface area contributed by atoms with Gasteiger partial charge in [0, 0.05) is 12.5 Å². The second-order valence-corrected chi connectivity index (χ2v) is 29.6. The summed E-state index contributed by atoms with van der Waals surface area (Å²) >= 11 is 0. The Labute approximate surface area is 324 Å². The van der Waals surface area contributed by atoms with Crippen LogP contribution in [0.4, 0.5) is 0 Å². The summed E-state index contributed by atoms with van der Waals surface area (Å²) in [5.74, 6) is 0.361. The predicted octanol–water partition coefficient (Wildman–Crippen LogP) is 12.4. The van der Waals surface area contributed by atoms with Crippen molar-refractivity contribution in [3.05, 3.63) is 49.1 Å². The molecule has 1 fully saturated rings. The second kappa shape index (κ2) is 26.7. The topological polar surface area (TPSA) is 74.2 Å². The van der Waals surface area contributed by atoms with Gasteiger partial charge >= 0.3 is 5.97 Å². The van der Waals surface area contributed by atoms with E-state index in [0.717, 1.165) is 99.3 Å². The quantitative estimate of drug-likeness (QED) is 0.0445. The highest BCUT2D eigenvalue weighted by Crippen LogP contribution is 2.30. The van der Waals surface area contributed by atoms with Crippen LogP contribution in [0, 0.1) is 5.92 Å². The number of carbonyl (C=O) groups excluding carboxylic acids is 1. The van der Waals surface area contributed by atoms with Gasteiger partial charge in [-0.05, 0) is 112 Å². The molecule has 6 atom stereocenters. The Balaban J connectivity index is 3.27. The molecule has 1 N–H and O–H groups in total. The highest BCUT2D eigenvalue weighted by Gasteiger charge is 2.34. The van der Waals surface area contributed by atoms with Crippen molar-refractivity contribution in [2.75, 3.05) is 0 Å². The van der Waals surface area contributed by atoms with Crippen LogP contribution in [0.3, 0.4) is 0 Å². The van der Waals surface area contributed by atoms with Crippen molar-refractivity contribution in [1.29, 1.82) is 0 Å². The summed E-state index contributed by atoms with van der Waals surface area (Å²) < 4.78 is 26.9. The summed E-state index contributed by atoms with van der Waals surface area (Å²) in [7, 11) is -5.50. The molecule has 1 saturated heterocycles. The number of aliphatic hydroxyl groups excluding tert-OH is 1. The molecule has 0 aromatic rings. The third kappa shape index (κ3) is 17.6. The molecule has 0 amide bonds. The highest BCUT2D eigenvalue weighted by atomic mass is 28.4. The van der Waals surface area contributed by atoms with Gasteiger partial charge in [-0.15, -0.1) is 6.58 Å². The van der Waals surface area contributed by atoms with E-state index in [1.54, 1.807) is 6.08 Å². The molecule has 0 aliphatic carbocycles. The monoisotopic (exact) mass is 779 g/mol. The SMILES string of the molecule is C=CC[C@H](O)/C=C/C[C@@H](/C=C/C[C@@H](/C=C/C[C@@H](CCC[C@H]1C[C@H](C)CC(=O)O1)O[Si](CC)(CC)CC)O[Si](CC)(CC)CC)O[Si](CC)(CC)CC. The van der Waals surface area contributed by atoms with Gasteiger partial charge in [-0.3, -0.25) is 4.79 Å². The molecular weight excluding hydrogens is 697 g/mol. The molecule has 0 bridgehead atoms. The fourth-order valence-electron chi connectivity index (χ4n) is 7.77. The van der Waals surface area contributed by atoms with Gasteiger partial charge in [-0.1, -0.05) is 112 Å². The Hall–Kier alpha value is -1.08. The Bertz CT molecular complexity index is 1020. The first kappa shape index (κ1) is 48.9. The van der Waals surface area contributed by atoms with Crippen molar-refractivity contribution in [3.63, 3.8) is 0 Å². The Morgan fingerprint density at radius 3 is 1.60 bits per heavy atom. The van der Waals surface area contributed by atoms with Crippen LogP contribution in [0.25, 0.3) is 0 Å². The molecule has 302 valence electrons. The summed E-state index contributed by atoms with van der Waals surface area (Å²) in [5, 5.41) is 10.3. The van der Waals surface area contributed by atoms with Crippen LogP contribution >= 0.6 is 0 Å². The van der Waals surface area contributed by atoms with E-state index >= 15 is 0 Å². The number of aliphatic hydroxyl groups is 1. The van der Waals surface area contributed by atoms with Crippen molar-refractivity contribution in [3.8, 4) is 0 Å². The van der Waals surface area contributed by atoms with Crippen LogP contribution < -0.4 is 0 Å². The molecule has 1 rings (SSSR count). The molecule has 9 heteroatoms. The molecule has 0 saturated carbocycles. The summed E-state index contributed by atoms with van der Waals surface area (Å²) in [6.45, 7) is 26.6. The molecule has 1 aliphatic heterocycles. The first-order valence-electron chi connectivity index (χ1n) is 21.4. The summed E-state index contributed by atoms with van der Waals surface area (Å²) in [6.07, 6.45) is 22.0. The minimum absolute atomic E-state index is 0.00761. The smallest absolute Gasteiger partial charge is 0.306 e. The van der Waals surface area contributed by atoms with Crippen molar-refractivity contribution in [2.24, 2.45) is 5.92 Å². The van der Waals surface area contributed by atoms with Gasteiger partial charge in [0.2, 0.25) is 0 Å². The zero-order valence-electron chi connectivity index (χ0n) is 35.4. The van der Waals surface area contributed by atoms with Gasteiger partial charge in [0.15, 0.2) is 25.0 Å². The van der Waals surface area contributed by atoms with E-state index in [-0.39, 0.29) is 30.4 Å². The maximum atomic E-state index is 12.1. The van der Waals surface area contributed by atoms with Crippen molar-refractivity contribution in [2.45, 2.75) is 212 Å². The highest BCUT2D eigenvalue weighted by molar-refractivity contribution is 6.74. The van der Waals surface area contributed by atoms with Gasteiger partial charge < -0.3 is 23.1 Å². The molecule has 1 heterocycles. The van der Waals surface area contributed by atoms with E-state index in [9.17, 15) is 9.90 Å². The third-order valence-corrected chi connectivity index (χ3v) is 26.2. The van der Waals surface area contributed by atoms with E-state index in [4.69, 9.17) is 18.0 Å². The summed E-state index contributed by atoms with van der Waals surface area (Å²) in [5.41, 5.74) is 0. The maximum Gasteiger partial charge on any atom is 0.306 e. The normalized spacial score (nSPS) is 20.1. The van der Waals surface area contributed by atoms with E-state index in [1.807, 2.05) is 6.08 Å². The number of ether oxygens (including phenoxy) is 1. The van der Waals surface area contributed by atoms with Crippen LogP contribution in [0.1, 0.15) is 127 Å². The largest absolute Gasteiger partial charge is 0.462 e. The molecule has 0 aromatic heterocycles. The zero-order chi connectivity index (χ0) is 39.0. The van der Waals surface area contributed by atoms with Crippen molar-refractivity contribution >= 4 is 30.9 Å². The first-order chi connectivity index (χ1) is 24.9. The van der Waals surface area contributed by atoms with Crippen molar-refractivity contribution in [1.82, 2.24) is 0 Å². The maximum absolute atomic E-state index is 12.1. The van der Waals surface area contributed by atoms with E-state index < -0.39 is 31.1 Å². The Morgan fingerprint density at radius 1 is 0.712 bits per heavy atom. The van der Waals surface area contributed by atoms with Crippen molar-refractivity contribution < 1.29 is 27.9 Å². The lowest BCUT2D eigenvalue weighted by Crippen LogP contribution is -2.40. The number of hydrogen-bond donors (Lipinski definition) is 1. The molecule has 0 spiro atoms. The Kier molecular flexibility index (Phi) is 25.1. The fraction of sp³-hybridized carbons (Fsp3) is 0.791. The molecule has 1 aliphatic rings. The van der Waals surface area contributed by atoms with Gasteiger partial charge in [0.1, 0.15) is 6.10 Å². The molecule has 6 nitrogen and oxygen atoms in total. The van der Waals surface area contributed by atoms with E-state index in [2.05, 4.69) is 106 Å². The number of rotatable bonds is 30. The molecule has 0 radical (unpaired) electrons. The molecule has 0 unspecified atom stereocenters. The predicted molar refractivity (Wildman–Crippen MR) is 230 cm³/mol.